The minimum absolute atomic E-state index is 0.130. The molecular weight excluding hydrogens is 259 g/mol. The molecule has 8 heteroatoms. The van der Waals surface area contributed by atoms with E-state index in [0.717, 1.165) is 0 Å². The zero-order valence-electron chi connectivity index (χ0n) is 9.08. The van der Waals surface area contributed by atoms with Gasteiger partial charge < -0.3 is 10.1 Å². The van der Waals surface area contributed by atoms with Crippen molar-refractivity contribution in [3.63, 3.8) is 0 Å². The Kier molecular flexibility index (Phi) is 2.67. The van der Waals surface area contributed by atoms with E-state index in [2.05, 4.69) is 15.0 Å². The number of H-pyrrole nitrogens is 1. The second kappa shape index (κ2) is 4.21. The highest BCUT2D eigenvalue weighted by Crippen LogP contribution is 2.42. The van der Waals surface area contributed by atoms with Gasteiger partial charge in [0.1, 0.15) is 11.2 Å². The van der Waals surface area contributed by atoms with Gasteiger partial charge >= 0.3 is 0 Å². The first kappa shape index (κ1) is 11.4. The molecule has 2 aromatic heterocycles. The SMILES string of the molecule is O=c1[nH]cnc2c1ncn2[C@@H]1S[C@H](CO)C=C1F. The van der Waals surface area contributed by atoms with Crippen LogP contribution in [0.15, 0.2) is 29.4 Å². The van der Waals surface area contributed by atoms with Gasteiger partial charge in [-0.1, -0.05) is 0 Å². The first-order valence-electron chi connectivity index (χ1n) is 5.24. The molecule has 0 aromatic carbocycles. The Labute approximate surface area is 105 Å². The predicted molar refractivity (Wildman–Crippen MR) is 64.8 cm³/mol. The van der Waals surface area contributed by atoms with Crippen LogP contribution in [0.25, 0.3) is 11.2 Å². The fourth-order valence-corrected chi connectivity index (χ4v) is 2.98. The molecule has 3 rings (SSSR count). The van der Waals surface area contributed by atoms with Gasteiger partial charge in [0, 0.05) is 0 Å². The van der Waals surface area contributed by atoms with Crippen LogP contribution in [0.3, 0.4) is 0 Å². The fraction of sp³-hybridized carbons (Fsp3) is 0.300. The molecule has 0 spiro atoms. The number of fused-ring (bicyclic) bond motifs is 1. The van der Waals surface area contributed by atoms with Crippen molar-refractivity contribution in [1.82, 2.24) is 19.5 Å². The van der Waals surface area contributed by atoms with E-state index in [0.29, 0.717) is 5.65 Å². The molecule has 0 fully saturated rings. The molecule has 2 aromatic rings. The molecule has 0 saturated carbocycles. The number of hydrogen-bond donors (Lipinski definition) is 2. The van der Waals surface area contributed by atoms with Crippen molar-refractivity contribution in [2.45, 2.75) is 10.6 Å². The van der Waals surface area contributed by atoms with E-state index in [1.54, 1.807) is 0 Å². The van der Waals surface area contributed by atoms with Crippen LogP contribution in [-0.4, -0.2) is 36.5 Å². The van der Waals surface area contributed by atoms with Crippen LogP contribution in [0.5, 0.6) is 0 Å². The number of nitrogens with one attached hydrogen (secondary N) is 1. The van der Waals surface area contributed by atoms with Crippen LogP contribution in [0.2, 0.25) is 0 Å². The molecule has 18 heavy (non-hydrogen) atoms. The summed E-state index contributed by atoms with van der Waals surface area (Å²) in [6.07, 6.45) is 4.01. The zero-order valence-corrected chi connectivity index (χ0v) is 9.89. The first-order chi connectivity index (χ1) is 8.70. The van der Waals surface area contributed by atoms with Gasteiger partial charge in [0.05, 0.1) is 24.5 Å². The quantitative estimate of drug-likeness (QED) is 0.832. The van der Waals surface area contributed by atoms with Crippen molar-refractivity contribution in [1.29, 1.82) is 0 Å². The summed E-state index contributed by atoms with van der Waals surface area (Å²) in [6, 6.07) is 0. The Morgan fingerprint density at radius 1 is 1.56 bits per heavy atom. The van der Waals surface area contributed by atoms with Crippen LogP contribution >= 0.6 is 11.8 Å². The molecule has 0 unspecified atom stereocenters. The molecule has 0 saturated heterocycles. The second-order valence-corrected chi connectivity index (χ2v) is 5.14. The number of aliphatic hydroxyl groups excluding tert-OH is 1. The Morgan fingerprint density at radius 3 is 3.11 bits per heavy atom. The topological polar surface area (TPSA) is 83.8 Å². The van der Waals surface area contributed by atoms with Crippen molar-refractivity contribution in [3.05, 3.63) is 34.9 Å². The minimum atomic E-state index is -0.624. The average Bonchev–Trinajstić information content (AvgIpc) is 2.93. The van der Waals surface area contributed by atoms with E-state index in [-0.39, 0.29) is 28.8 Å². The Hall–Kier alpha value is -1.67. The van der Waals surface area contributed by atoms with Gasteiger partial charge in [-0.2, -0.15) is 0 Å². The van der Waals surface area contributed by atoms with Crippen LogP contribution in [-0.2, 0) is 0 Å². The van der Waals surface area contributed by atoms with Gasteiger partial charge in [-0.25, -0.2) is 14.4 Å². The second-order valence-electron chi connectivity index (χ2n) is 3.82. The summed E-state index contributed by atoms with van der Waals surface area (Å²) in [5, 5.41) is 8.12. The van der Waals surface area contributed by atoms with E-state index in [9.17, 15) is 9.18 Å². The molecule has 2 N–H and O–H groups in total. The normalized spacial score (nSPS) is 23.6. The molecule has 3 heterocycles. The van der Waals surface area contributed by atoms with Crippen molar-refractivity contribution in [2.75, 3.05) is 6.61 Å². The maximum Gasteiger partial charge on any atom is 0.278 e. The monoisotopic (exact) mass is 268 g/mol. The highest BCUT2D eigenvalue weighted by atomic mass is 32.2. The maximum atomic E-state index is 13.8. The standard InChI is InChI=1S/C10H9FN4O2S/c11-6-1-5(2-16)18-10(6)15-4-14-7-8(15)12-3-13-9(7)17/h1,3-5,10,16H,2H2,(H,12,13,17)/t5-,10+/m0/s1. The summed E-state index contributed by atoms with van der Waals surface area (Å²) >= 11 is 1.25. The number of hydrogen-bond acceptors (Lipinski definition) is 5. The molecule has 0 bridgehead atoms. The molecule has 2 atom stereocenters. The summed E-state index contributed by atoms with van der Waals surface area (Å²) in [4.78, 5) is 21.8. The van der Waals surface area contributed by atoms with Crippen molar-refractivity contribution in [2.24, 2.45) is 0 Å². The first-order valence-corrected chi connectivity index (χ1v) is 6.18. The smallest absolute Gasteiger partial charge is 0.278 e. The predicted octanol–water partition coefficient (Wildman–Crippen LogP) is 0.579. The van der Waals surface area contributed by atoms with Gasteiger partial charge in [0.25, 0.3) is 5.56 Å². The molecule has 0 amide bonds. The number of rotatable bonds is 2. The highest BCUT2D eigenvalue weighted by Gasteiger charge is 2.30. The third-order valence-electron chi connectivity index (χ3n) is 2.68. The number of aromatic amines is 1. The number of imidazole rings is 1. The lowest BCUT2D eigenvalue weighted by molar-refractivity contribution is 0.307. The van der Waals surface area contributed by atoms with E-state index in [1.165, 1.54) is 35.1 Å². The molecular formula is C10H9FN4O2S. The lowest BCUT2D eigenvalue weighted by Crippen LogP contribution is -2.09. The van der Waals surface area contributed by atoms with Crippen LogP contribution in [0, 0.1) is 0 Å². The molecule has 1 aliphatic rings. The van der Waals surface area contributed by atoms with Crippen LogP contribution in [0.4, 0.5) is 4.39 Å². The molecule has 0 radical (unpaired) electrons. The Morgan fingerprint density at radius 2 is 2.39 bits per heavy atom. The van der Waals surface area contributed by atoms with Crippen LogP contribution in [0.1, 0.15) is 5.37 Å². The van der Waals surface area contributed by atoms with E-state index < -0.39 is 5.37 Å². The third kappa shape index (κ3) is 1.65. The highest BCUT2D eigenvalue weighted by molar-refractivity contribution is 8.00. The van der Waals surface area contributed by atoms with Gasteiger partial charge in [-0.05, 0) is 6.08 Å². The van der Waals surface area contributed by atoms with Gasteiger partial charge in [-0.3, -0.25) is 9.36 Å². The van der Waals surface area contributed by atoms with Crippen molar-refractivity contribution >= 4 is 22.9 Å². The van der Waals surface area contributed by atoms with Gasteiger partial charge in [-0.15, -0.1) is 11.8 Å². The van der Waals surface area contributed by atoms with Gasteiger partial charge in [0.15, 0.2) is 11.2 Å². The maximum absolute atomic E-state index is 13.8. The lowest BCUT2D eigenvalue weighted by atomic mass is 10.3. The van der Waals surface area contributed by atoms with E-state index in [4.69, 9.17) is 5.11 Å². The van der Waals surface area contributed by atoms with Crippen LogP contribution < -0.4 is 5.56 Å². The number of aliphatic hydroxyl groups is 1. The van der Waals surface area contributed by atoms with Gasteiger partial charge in [0.2, 0.25) is 0 Å². The summed E-state index contributed by atoms with van der Waals surface area (Å²) in [5.74, 6) is -0.361. The molecule has 0 aliphatic carbocycles. The number of aromatic nitrogens is 4. The molecule has 94 valence electrons. The largest absolute Gasteiger partial charge is 0.395 e. The zero-order chi connectivity index (χ0) is 12.7. The number of thioether (sulfide) groups is 1. The number of nitrogens with zero attached hydrogens (tertiary/aromatic N) is 3. The summed E-state index contributed by atoms with van der Waals surface area (Å²) < 4.78 is 15.3. The molecule has 1 aliphatic heterocycles. The summed E-state index contributed by atoms with van der Waals surface area (Å²) in [6.45, 7) is -0.130. The fourth-order valence-electron chi connectivity index (χ4n) is 1.86. The Bertz CT molecular complexity index is 680. The van der Waals surface area contributed by atoms with E-state index >= 15 is 0 Å². The van der Waals surface area contributed by atoms with E-state index in [1.807, 2.05) is 0 Å². The lowest BCUT2D eigenvalue weighted by Gasteiger charge is -2.12. The Balaban J connectivity index is 2.09. The van der Waals surface area contributed by atoms with Crippen molar-refractivity contribution in [3.8, 4) is 0 Å². The summed E-state index contributed by atoms with van der Waals surface area (Å²) in [7, 11) is 0. The summed E-state index contributed by atoms with van der Waals surface area (Å²) in [5.41, 5.74) is 0.154. The number of halogens is 1. The minimum Gasteiger partial charge on any atom is -0.395 e. The molecule has 6 nitrogen and oxygen atoms in total. The van der Waals surface area contributed by atoms with Crippen molar-refractivity contribution < 1.29 is 9.50 Å². The third-order valence-corrected chi connectivity index (χ3v) is 4.03. The average molecular weight is 268 g/mol.